The average Bonchev–Trinajstić information content (AvgIpc) is 3.24. The predicted octanol–water partition coefficient (Wildman–Crippen LogP) is 6.82. The van der Waals surface area contributed by atoms with Crippen molar-refractivity contribution in [2.75, 3.05) is 0 Å². The van der Waals surface area contributed by atoms with Gasteiger partial charge in [0.2, 0.25) is 0 Å². The Morgan fingerprint density at radius 3 is 1.26 bits per heavy atom. The topological polar surface area (TPSA) is 37.4 Å². The standard InChI is InChI=1S/C34H27BrNO2P/c35-39(28-12-4-1-5-13-28,29-14-6-2-7-15-29,30-16-8-3-9-17-30)25-27-22-20-26(21-23-27)24-36-33(37)31-18-10-11-19-32(31)34(36)38/h1-23H,24-25H2. The van der Waals surface area contributed by atoms with Crippen LogP contribution in [0.3, 0.4) is 0 Å². The van der Waals surface area contributed by atoms with Crippen LogP contribution in [-0.4, -0.2) is 16.7 Å². The third kappa shape index (κ3) is 4.25. The zero-order valence-electron chi connectivity index (χ0n) is 21.3. The van der Waals surface area contributed by atoms with E-state index in [2.05, 4.69) is 119 Å². The maximum atomic E-state index is 12.9. The molecule has 0 spiro atoms. The number of hydrogen-bond donors (Lipinski definition) is 0. The Bertz CT molecular complexity index is 1520. The second-order valence-electron chi connectivity index (χ2n) is 9.91. The number of halogens is 1. The Morgan fingerprint density at radius 1 is 0.487 bits per heavy atom. The molecule has 0 saturated carbocycles. The van der Waals surface area contributed by atoms with Gasteiger partial charge in [-0.15, -0.1) is 0 Å². The van der Waals surface area contributed by atoms with Crippen molar-refractivity contribution in [3.05, 3.63) is 162 Å². The molecule has 0 radical (unpaired) electrons. The van der Waals surface area contributed by atoms with Crippen molar-refractivity contribution in [1.82, 2.24) is 4.90 Å². The van der Waals surface area contributed by atoms with Crippen LogP contribution in [0.15, 0.2) is 140 Å². The van der Waals surface area contributed by atoms with Gasteiger partial charge in [-0.05, 0) is 0 Å². The average molecular weight is 592 g/mol. The summed E-state index contributed by atoms with van der Waals surface area (Å²) in [5.74, 6) is -0.468. The SMILES string of the molecule is O=C1c2ccccc2C(=O)N1Cc1ccc(CP(Br)(c2ccccc2)(c2ccccc2)c2ccccc2)cc1. The van der Waals surface area contributed by atoms with Gasteiger partial charge in [0, 0.05) is 0 Å². The summed E-state index contributed by atoms with van der Waals surface area (Å²) in [6.45, 7) is 0.251. The normalized spacial score (nSPS) is 14.1. The van der Waals surface area contributed by atoms with Crippen LogP contribution in [0.2, 0.25) is 0 Å². The van der Waals surface area contributed by atoms with E-state index in [1.807, 2.05) is 12.1 Å². The first kappa shape index (κ1) is 25.4. The Labute approximate surface area is 236 Å². The van der Waals surface area contributed by atoms with Crippen LogP contribution in [0.1, 0.15) is 31.8 Å². The number of amides is 2. The van der Waals surface area contributed by atoms with E-state index in [4.69, 9.17) is 0 Å². The minimum atomic E-state index is -3.11. The molecule has 0 fully saturated rings. The molecule has 6 rings (SSSR count). The second-order valence-corrected chi connectivity index (χ2v) is 18.8. The number of carbonyl (C=O) groups excluding carboxylic acids is 2. The summed E-state index contributed by atoms with van der Waals surface area (Å²) in [6.07, 6.45) is 0.775. The zero-order chi connectivity index (χ0) is 26.9. The van der Waals surface area contributed by atoms with Crippen LogP contribution in [-0.2, 0) is 12.7 Å². The van der Waals surface area contributed by atoms with Crippen LogP contribution in [0, 0.1) is 0 Å². The minimum absolute atomic E-state index is 0.234. The molecular formula is C34H27BrNO2P. The van der Waals surface area contributed by atoms with Crippen LogP contribution in [0.4, 0.5) is 0 Å². The predicted molar refractivity (Wildman–Crippen MR) is 165 cm³/mol. The summed E-state index contributed by atoms with van der Waals surface area (Å²) in [5.41, 5.74) is 3.04. The summed E-state index contributed by atoms with van der Waals surface area (Å²) in [7, 11) is 0. The molecule has 5 aromatic carbocycles. The number of carbonyl (C=O) groups is 2. The van der Waals surface area contributed by atoms with Gasteiger partial charge < -0.3 is 0 Å². The monoisotopic (exact) mass is 591 g/mol. The number of fused-ring (bicyclic) bond motifs is 1. The molecule has 0 aliphatic carbocycles. The Balaban J connectivity index is 1.39. The number of imide groups is 1. The molecule has 192 valence electrons. The molecule has 0 N–H and O–H groups in total. The maximum absolute atomic E-state index is 12.9. The van der Waals surface area contributed by atoms with E-state index in [1.165, 1.54) is 26.4 Å². The van der Waals surface area contributed by atoms with Crippen molar-refractivity contribution in [3.8, 4) is 0 Å². The molecule has 39 heavy (non-hydrogen) atoms. The van der Waals surface area contributed by atoms with Crippen molar-refractivity contribution in [2.45, 2.75) is 12.7 Å². The van der Waals surface area contributed by atoms with E-state index in [0.717, 1.165) is 11.7 Å². The van der Waals surface area contributed by atoms with Crippen molar-refractivity contribution in [3.63, 3.8) is 0 Å². The van der Waals surface area contributed by atoms with Crippen molar-refractivity contribution < 1.29 is 9.59 Å². The van der Waals surface area contributed by atoms with Gasteiger partial charge in [-0.3, -0.25) is 0 Å². The fourth-order valence-electron chi connectivity index (χ4n) is 5.60. The molecule has 2 amide bonds. The third-order valence-corrected chi connectivity index (χ3v) is 17.1. The third-order valence-electron chi connectivity index (χ3n) is 7.61. The first-order chi connectivity index (χ1) is 19.0. The number of benzene rings is 5. The molecule has 1 aliphatic heterocycles. The van der Waals surface area contributed by atoms with Gasteiger partial charge in [-0.25, -0.2) is 0 Å². The fraction of sp³-hybridized carbons (Fsp3) is 0.0588. The summed E-state index contributed by atoms with van der Waals surface area (Å²) >= 11 is 4.51. The molecule has 0 saturated heterocycles. The number of rotatable bonds is 7. The van der Waals surface area contributed by atoms with E-state index in [1.54, 1.807) is 24.3 Å². The van der Waals surface area contributed by atoms with E-state index < -0.39 is 5.31 Å². The summed E-state index contributed by atoms with van der Waals surface area (Å²) in [4.78, 5) is 27.1. The Morgan fingerprint density at radius 2 is 0.846 bits per heavy atom. The molecule has 0 aromatic heterocycles. The second kappa shape index (κ2) is 10.0. The molecule has 0 atom stereocenters. The van der Waals surface area contributed by atoms with Crippen molar-refractivity contribution in [1.29, 1.82) is 0 Å². The van der Waals surface area contributed by atoms with Crippen LogP contribution >= 0.6 is 20.8 Å². The quantitative estimate of drug-likeness (QED) is 0.154. The van der Waals surface area contributed by atoms with E-state index in [9.17, 15) is 9.59 Å². The molecule has 3 nitrogen and oxygen atoms in total. The van der Waals surface area contributed by atoms with E-state index >= 15 is 0 Å². The van der Waals surface area contributed by atoms with Crippen LogP contribution < -0.4 is 15.9 Å². The van der Waals surface area contributed by atoms with Gasteiger partial charge in [0.25, 0.3) is 0 Å². The summed E-state index contributed by atoms with van der Waals surface area (Å²) in [5, 5.41) is 0.671. The van der Waals surface area contributed by atoms with Gasteiger partial charge in [0.05, 0.1) is 0 Å². The summed E-state index contributed by atoms with van der Waals surface area (Å²) in [6, 6.07) is 47.5. The Kier molecular flexibility index (Phi) is 6.54. The van der Waals surface area contributed by atoms with Crippen molar-refractivity contribution >= 4 is 48.5 Å². The molecule has 0 bridgehead atoms. The molecule has 5 aromatic rings. The molecule has 1 heterocycles. The van der Waals surface area contributed by atoms with Gasteiger partial charge in [0.15, 0.2) is 0 Å². The molecule has 0 unspecified atom stereocenters. The molecule has 5 heteroatoms. The Hall–Kier alpha value is -3.85. The number of hydrogen-bond acceptors (Lipinski definition) is 2. The first-order valence-electron chi connectivity index (χ1n) is 12.9. The fourth-order valence-corrected chi connectivity index (χ4v) is 13.3. The van der Waals surface area contributed by atoms with Gasteiger partial charge in [0.1, 0.15) is 0 Å². The van der Waals surface area contributed by atoms with E-state index in [0.29, 0.717) is 11.1 Å². The van der Waals surface area contributed by atoms with E-state index in [-0.39, 0.29) is 18.4 Å². The molecule has 1 aliphatic rings. The molecular weight excluding hydrogens is 565 g/mol. The van der Waals surface area contributed by atoms with Crippen molar-refractivity contribution in [2.24, 2.45) is 0 Å². The summed E-state index contributed by atoms with van der Waals surface area (Å²) < 4.78 is 0. The van der Waals surface area contributed by atoms with Gasteiger partial charge >= 0.3 is 237 Å². The van der Waals surface area contributed by atoms with Gasteiger partial charge in [-0.2, -0.15) is 0 Å². The van der Waals surface area contributed by atoms with Gasteiger partial charge in [-0.1, -0.05) is 0 Å². The first-order valence-corrected chi connectivity index (χ1v) is 17.4. The zero-order valence-corrected chi connectivity index (χ0v) is 23.8. The number of nitrogens with zero attached hydrogens (tertiary/aromatic N) is 1. The van der Waals surface area contributed by atoms with Crippen LogP contribution in [0.25, 0.3) is 0 Å². The van der Waals surface area contributed by atoms with Crippen LogP contribution in [0.5, 0.6) is 0 Å².